The van der Waals surface area contributed by atoms with E-state index in [1.807, 2.05) is 22.6 Å². The van der Waals surface area contributed by atoms with Crippen LogP contribution >= 0.6 is 22.6 Å². The quantitative estimate of drug-likeness (QED) is 0.747. The second-order valence-electron chi connectivity index (χ2n) is 2.67. The molecule has 0 saturated carbocycles. The summed E-state index contributed by atoms with van der Waals surface area (Å²) in [5, 5.41) is 0. The van der Waals surface area contributed by atoms with Gasteiger partial charge in [0.2, 0.25) is 0 Å². The van der Waals surface area contributed by atoms with E-state index in [1.54, 1.807) is 6.07 Å². The fourth-order valence-electron chi connectivity index (χ4n) is 1.14. The summed E-state index contributed by atoms with van der Waals surface area (Å²) in [5.41, 5.74) is 0.267. The number of ether oxygens (including phenoxy) is 2. The fraction of sp³-hybridized carbons (Fsp3) is 0.222. The van der Waals surface area contributed by atoms with Crippen molar-refractivity contribution in [1.29, 1.82) is 0 Å². The minimum absolute atomic E-state index is 0.267. The number of hydrogen-bond acceptors (Lipinski definition) is 3. The molecule has 0 atom stereocenters. The summed E-state index contributed by atoms with van der Waals surface area (Å²) >= 11 is 1.82. The molecule has 0 fully saturated rings. The van der Waals surface area contributed by atoms with Crippen LogP contribution in [0.15, 0.2) is 16.3 Å². The fourth-order valence-corrected chi connectivity index (χ4v) is 1.45. The smallest absolute Gasteiger partial charge is 0.179 e. The predicted octanol–water partition coefficient (Wildman–Crippen LogP) is 2.56. The first-order valence-corrected chi connectivity index (χ1v) is 5.27. The number of fused-ring (bicyclic) bond motifs is 1. The van der Waals surface area contributed by atoms with Gasteiger partial charge in [0.1, 0.15) is 18.9 Å². The standard InChI is InChI=1S/C9H7FINO2/c10-6(4-11)7-3-8-9(5-12-7)14-2-1-13-8/h3-5H,1-2H2/b6-4+. The monoisotopic (exact) mass is 307 g/mol. The Morgan fingerprint density at radius 1 is 1.43 bits per heavy atom. The molecule has 0 radical (unpaired) electrons. The third-order valence-corrected chi connectivity index (χ3v) is 2.32. The zero-order chi connectivity index (χ0) is 9.97. The lowest BCUT2D eigenvalue weighted by Gasteiger charge is -2.17. The summed E-state index contributed by atoms with van der Waals surface area (Å²) in [7, 11) is 0. The SMILES string of the molecule is F/C(=C/I)c1cc2c(cn1)OCCO2. The maximum Gasteiger partial charge on any atom is 0.179 e. The molecule has 5 heteroatoms. The molecule has 0 N–H and O–H groups in total. The molecule has 1 aromatic rings. The van der Waals surface area contributed by atoms with E-state index in [0.29, 0.717) is 24.7 Å². The molecule has 2 rings (SSSR count). The van der Waals surface area contributed by atoms with Gasteiger partial charge in [-0.2, -0.15) is 0 Å². The highest BCUT2D eigenvalue weighted by Crippen LogP contribution is 2.31. The van der Waals surface area contributed by atoms with Crippen LogP contribution in [0.5, 0.6) is 11.5 Å². The van der Waals surface area contributed by atoms with Gasteiger partial charge >= 0.3 is 0 Å². The molecule has 0 aromatic carbocycles. The molecule has 0 bridgehead atoms. The largest absolute Gasteiger partial charge is 0.486 e. The first-order valence-electron chi connectivity index (χ1n) is 4.03. The highest BCUT2D eigenvalue weighted by atomic mass is 127. The third kappa shape index (κ3) is 1.82. The van der Waals surface area contributed by atoms with Gasteiger partial charge in [-0.1, -0.05) is 0 Å². The summed E-state index contributed by atoms with van der Waals surface area (Å²) in [4.78, 5) is 3.91. The number of hydrogen-bond donors (Lipinski definition) is 0. The second-order valence-corrected chi connectivity index (χ2v) is 3.29. The summed E-state index contributed by atoms with van der Waals surface area (Å²) in [5.74, 6) is 0.749. The van der Waals surface area contributed by atoms with Gasteiger partial charge in [0, 0.05) is 10.1 Å². The third-order valence-electron chi connectivity index (χ3n) is 1.77. The first-order chi connectivity index (χ1) is 6.81. The minimum Gasteiger partial charge on any atom is -0.486 e. The second kappa shape index (κ2) is 4.12. The number of pyridine rings is 1. The van der Waals surface area contributed by atoms with Crippen LogP contribution in [0.2, 0.25) is 0 Å². The Labute approximate surface area is 94.1 Å². The molecule has 3 nitrogen and oxygen atoms in total. The van der Waals surface area contributed by atoms with Crippen molar-refractivity contribution in [3.05, 3.63) is 22.0 Å². The maximum atomic E-state index is 13.1. The molecular weight excluding hydrogens is 300 g/mol. The molecule has 1 aromatic heterocycles. The van der Waals surface area contributed by atoms with Gasteiger partial charge in [-0.3, -0.25) is 0 Å². The molecule has 74 valence electrons. The van der Waals surface area contributed by atoms with Crippen LogP contribution in [-0.2, 0) is 0 Å². The van der Waals surface area contributed by atoms with Gasteiger partial charge in [-0.25, -0.2) is 9.37 Å². The summed E-state index contributed by atoms with van der Waals surface area (Å²) < 4.78 is 25.0. The van der Waals surface area contributed by atoms with Crippen molar-refractivity contribution in [1.82, 2.24) is 4.98 Å². The van der Waals surface area contributed by atoms with Crippen molar-refractivity contribution in [3.63, 3.8) is 0 Å². The van der Waals surface area contributed by atoms with E-state index in [4.69, 9.17) is 9.47 Å². The molecule has 0 aliphatic carbocycles. The Bertz CT molecular complexity index is 381. The van der Waals surface area contributed by atoms with E-state index >= 15 is 0 Å². The van der Waals surface area contributed by atoms with E-state index in [0.717, 1.165) is 0 Å². The maximum absolute atomic E-state index is 13.1. The van der Waals surface area contributed by atoms with Crippen molar-refractivity contribution < 1.29 is 13.9 Å². The predicted molar refractivity (Wildman–Crippen MR) is 58.3 cm³/mol. The highest BCUT2D eigenvalue weighted by molar-refractivity contribution is 14.1. The van der Waals surface area contributed by atoms with Crippen molar-refractivity contribution in [2.24, 2.45) is 0 Å². The summed E-state index contributed by atoms with van der Waals surface area (Å²) in [6.07, 6.45) is 1.48. The molecular formula is C9H7FINO2. The van der Waals surface area contributed by atoms with Crippen molar-refractivity contribution in [2.45, 2.75) is 0 Å². The Balaban J connectivity index is 2.38. The Morgan fingerprint density at radius 3 is 2.86 bits per heavy atom. The van der Waals surface area contributed by atoms with E-state index in [-0.39, 0.29) is 11.5 Å². The van der Waals surface area contributed by atoms with Crippen molar-refractivity contribution >= 4 is 28.4 Å². The number of nitrogens with zero attached hydrogens (tertiary/aromatic N) is 1. The Kier molecular flexibility index (Phi) is 2.85. The van der Waals surface area contributed by atoms with Gasteiger partial charge in [-0.05, 0) is 22.6 Å². The zero-order valence-corrected chi connectivity index (χ0v) is 9.32. The van der Waals surface area contributed by atoms with Crippen LogP contribution in [0.1, 0.15) is 5.69 Å². The molecule has 0 saturated heterocycles. The molecule has 14 heavy (non-hydrogen) atoms. The summed E-state index contributed by atoms with van der Waals surface area (Å²) in [6.45, 7) is 1.00. The van der Waals surface area contributed by atoms with Crippen LogP contribution in [0.25, 0.3) is 5.83 Å². The van der Waals surface area contributed by atoms with Crippen LogP contribution in [0.4, 0.5) is 4.39 Å². The topological polar surface area (TPSA) is 31.4 Å². The lowest BCUT2D eigenvalue weighted by atomic mass is 10.3. The Hall–Kier alpha value is -0.850. The molecule has 0 spiro atoms. The van der Waals surface area contributed by atoms with E-state index in [2.05, 4.69) is 4.98 Å². The number of rotatable bonds is 1. The lowest BCUT2D eigenvalue weighted by Crippen LogP contribution is -2.15. The lowest BCUT2D eigenvalue weighted by molar-refractivity contribution is 0.170. The van der Waals surface area contributed by atoms with E-state index in [1.165, 1.54) is 10.3 Å². The average Bonchev–Trinajstić information content (AvgIpc) is 2.27. The molecule has 0 unspecified atom stereocenters. The first kappa shape index (κ1) is 9.70. The average molecular weight is 307 g/mol. The highest BCUT2D eigenvalue weighted by Gasteiger charge is 2.13. The van der Waals surface area contributed by atoms with Gasteiger partial charge in [-0.15, -0.1) is 0 Å². The van der Waals surface area contributed by atoms with Gasteiger partial charge < -0.3 is 9.47 Å². The van der Waals surface area contributed by atoms with Gasteiger partial charge in [0.05, 0.1) is 6.20 Å². The van der Waals surface area contributed by atoms with Crippen LogP contribution in [0.3, 0.4) is 0 Å². The molecule has 0 amide bonds. The minimum atomic E-state index is -0.373. The van der Waals surface area contributed by atoms with Crippen molar-refractivity contribution in [2.75, 3.05) is 13.2 Å². The summed E-state index contributed by atoms with van der Waals surface area (Å²) in [6, 6.07) is 1.54. The van der Waals surface area contributed by atoms with Crippen LogP contribution < -0.4 is 9.47 Å². The van der Waals surface area contributed by atoms with E-state index < -0.39 is 0 Å². The molecule has 1 aliphatic rings. The van der Waals surface area contributed by atoms with Crippen molar-refractivity contribution in [3.8, 4) is 11.5 Å². The van der Waals surface area contributed by atoms with Crippen LogP contribution in [-0.4, -0.2) is 18.2 Å². The van der Waals surface area contributed by atoms with Gasteiger partial charge in [0.15, 0.2) is 17.3 Å². The van der Waals surface area contributed by atoms with Crippen LogP contribution in [0, 0.1) is 0 Å². The molecule has 2 heterocycles. The van der Waals surface area contributed by atoms with E-state index in [9.17, 15) is 4.39 Å². The number of halogens is 2. The number of aromatic nitrogens is 1. The zero-order valence-electron chi connectivity index (χ0n) is 7.17. The normalized spacial score (nSPS) is 15.4. The van der Waals surface area contributed by atoms with Gasteiger partial charge in [0.25, 0.3) is 0 Å². The Morgan fingerprint density at radius 2 is 2.14 bits per heavy atom. The molecule has 1 aliphatic heterocycles.